The number of ether oxygens (including phenoxy) is 1. The van der Waals surface area contributed by atoms with Crippen molar-refractivity contribution in [2.24, 2.45) is 0 Å². The Balaban J connectivity index is 1.45. The Bertz CT molecular complexity index is 1680. The molecule has 1 N–H and O–H groups in total. The lowest BCUT2D eigenvalue weighted by Gasteiger charge is -2.39. The number of amides is 1. The summed E-state index contributed by atoms with van der Waals surface area (Å²) in [5.74, 6) is 0.377. The molecule has 2 bridgehead atoms. The minimum absolute atomic E-state index is 0.0831. The Hall–Kier alpha value is -3.88. The number of pyridine rings is 1. The molecule has 2 unspecified atom stereocenters. The molecule has 0 radical (unpaired) electrons. The van der Waals surface area contributed by atoms with Crippen LogP contribution in [0.25, 0.3) is 27.8 Å². The maximum atomic E-state index is 13.0. The number of rotatable bonds is 3. The molecule has 2 saturated heterocycles. The van der Waals surface area contributed by atoms with Crippen LogP contribution >= 0.6 is 0 Å². The van der Waals surface area contributed by atoms with Gasteiger partial charge in [-0.15, -0.1) is 0 Å². The van der Waals surface area contributed by atoms with Crippen LogP contribution in [-0.4, -0.2) is 59.0 Å². The zero-order chi connectivity index (χ0) is 29.4. The number of hydrogen-bond acceptors (Lipinski definition) is 5. The lowest BCUT2D eigenvalue weighted by Crippen LogP contribution is -2.48. The second kappa shape index (κ2) is 9.60. The molecular weight excluding hydrogens is 518 g/mol. The molecule has 1 amide bonds. The molecule has 2 aliphatic rings. The number of fused-ring (bicyclic) bond motifs is 4. The molecule has 0 aliphatic carbocycles. The fourth-order valence-corrected chi connectivity index (χ4v) is 7.14. The minimum atomic E-state index is -1.01. The molecule has 2 fully saturated rings. The third kappa shape index (κ3) is 4.46. The summed E-state index contributed by atoms with van der Waals surface area (Å²) in [5, 5.41) is 15.8. The van der Waals surface area contributed by atoms with Crippen LogP contribution in [0.3, 0.4) is 0 Å². The molecule has 6 rings (SSSR count). The van der Waals surface area contributed by atoms with Gasteiger partial charge in [-0.1, -0.05) is 19.9 Å². The van der Waals surface area contributed by atoms with Crippen molar-refractivity contribution >= 4 is 28.7 Å². The molecule has 4 aromatic rings. The highest BCUT2D eigenvalue weighted by atomic mass is 16.6. The van der Waals surface area contributed by atoms with E-state index in [2.05, 4.69) is 36.1 Å². The highest BCUT2D eigenvalue weighted by Gasteiger charge is 2.45. The molecule has 9 heteroatoms. The fraction of sp³-hybridized carbons (Fsp3) is 0.500. The maximum Gasteiger partial charge on any atom is 0.416 e. The zero-order valence-corrected chi connectivity index (χ0v) is 24.9. The highest BCUT2D eigenvalue weighted by Crippen LogP contribution is 2.46. The quantitative estimate of drug-likeness (QED) is 0.284. The summed E-state index contributed by atoms with van der Waals surface area (Å²) >= 11 is 0. The van der Waals surface area contributed by atoms with E-state index in [0.717, 1.165) is 59.0 Å². The number of carbonyl (C=O) groups excluding carboxylic acids is 1. The summed E-state index contributed by atoms with van der Waals surface area (Å²) in [5.41, 5.74) is 6.65. The van der Waals surface area contributed by atoms with Crippen molar-refractivity contribution in [1.82, 2.24) is 24.1 Å². The second-order valence-corrected chi connectivity index (χ2v) is 13.1. The first-order valence-corrected chi connectivity index (χ1v) is 14.6. The van der Waals surface area contributed by atoms with E-state index in [9.17, 15) is 14.7 Å². The van der Waals surface area contributed by atoms with Crippen molar-refractivity contribution in [3.63, 3.8) is 0 Å². The van der Waals surface area contributed by atoms with Crippen LogP contribution in [0.1, 0.15) is 94.4 Å². The zero-order valence-electron chi connectivity index (χ0n) is 24.9. The van der Waals surface area contributed by atoms with E-state index in [-0.39, 0.29) is 24.1 Å². The van der Waals surface area contributed by atoms with Gasteiger partial charge in [-0.3, -0.25) is 0 Å². The van der Waals surface area contributed by atoms with E-state index in [0.29, 0.717) is 17.1 Å². The largest absolute Gasteiger partial charge is 0.464 e. The van der Waals surface area contributed by atoms with Gasteiger partial charge in [0.05, 0.1) is 11.2 Å². The highest BCUT2D eigenvalue weighted by molar-refractivity contribution is 6.00. The van der Waals surface area contributed by atoms with Crippen molar-refractivity contribution in [2.75, 3.05) is 0 Å². The van der Waals surface area contributed by atoms with Crippen LogP contribution in [0, 0.1) is 13.8 Å². The molecular formula is C32H39N5O4. The normalized spacial score (nSPS) is 20.9. The monoisotopic (exact) mass is 557 g/mol. The molecule has 0 saturated carbocycles. The van der Waals surface area contributed by atoms with E-state index in [1.54, 1.807) is 4.52 Å². The van der Waals surface area contributed by atoms with Gasteiger partial charge in [0.25, 0.3) is 0 Å². The van der Waals surface area contributed by atoms with Gasteiger partial charge < -0.3 is 14.7 Å². The molecule has 2 atom stereocenters. The van der Waals surface area contributed by atoms with E-state index in [1.165, 1.54) is 16.5 Å². The number of hydrogen-bond donors (Lipinski definition) is 1. The Kier molecular flexibility index (Phi) is 6.39. The van der Waals surface area contributed by atoms with E-state index < -0.39 is 11.7 Å². The first kappa shape index (κ1) is 27.3. The topological polar surface area (TPSA) is 102 Å². The summed E-state index contributed by atoms with van der Waals surface area (Å²) in [7, 11) is 0. The van der Waals surface area contributed by atoms with Gasteiger partial charge in [0.15, 0.2) is 5.65 Å². The minimum Gasteiger partial charge on any atom is -0.464 e. The van der Waals surface area contributed by atoms with Gasteiger partial charge in [0.2, 0.25) is 0 Å². The van der Waals surface area contributed by atoms with Crippen molar-refractivity contribution in [1.29, 1.82) is 0 Å². The number of nitrogens with zero attached hydrogens (tertiary/aromatic N) is 5. The van der Waals surface area contributed by atoms with Crippen molar-refractivity contribution in [3.8, 4) is 11.3 Å². The third-order valence-electron chi connectivity index (χ3n) is 8.99. The van der Waals surface area contributed by atoms with E-state index in [4.69, 9.17) is 4.74 Å². The van der Waals surface area contributed by atoms with Crippen LogP contribution < -0.4 is 0 Å². The molecule has 2 aliphatic heterocycles. The Morgan fingerprint density at radius 1 is 1.07 bits per heavy atom. The Morgan fingerprint density at radius 3 is 2.37 bits per heavy atom. The summed E-state index contributed by atoms with van der Waals surface area (Å²) in [6, 6.07) is 6.58. The summed E-state index contributed by atoms with van der Waals surface area (Å²) in [6.07, 6.45) is 5.94. The number of carbonyl (C=O) groups is 2. The summed E-state index contributed by atoms with van der Waals surface area (Å²) in [4.78, 5) is 32.2. The standard InChI is InChI=1S/C32H39N5O4/c1-17(2)27-24-14-20(21-12-22-9-10-23(13-21)36(22)31(40)41-32(5,6)7)8-11-26(24)37(30(38)39)28(27)25-15-35-29(33-16-34-35)19(4)18(25)3/h8,11,14-17,21-23H,9-10,12-13H2,1-7H3,(H,38,39). The molecule has 5 heterocycles. The number of benzene rings is 1. The van der Waals surface area contributed by atoms with Crippen LogP contribution in [-0.2, 0) is 4.74 Å². The van der Waals surface area contributed by atoms with Gasteiger partial charge in [-0.2, -0.15) is 5.10 Å². The third-order valence-corrected chi connectivity index (χ3v) is 8.99. The van der Waals surface area contributed by atoms with Gasteiger partial charge in [0.1, 0.15) is 11.9 Å². The molecule has 41 heavy (non-hydrogen) atoms. The molecule has 1 aromatic carbocycles. The van der Waals surface area contributed by atoms with Gasteiger partial charge in [-0.25, -0.2) is 23.7 Å². The van der Waals surface area contributed by atoms with Gasteiger partial charge >= 0.3 is 12.2 Å². The molecule has 0 spiro atoms. The van der Waals surface area contributed by atoms with E-state index in [1.807, 2.05) is 51.8 Å². The Labute approximate surface area is 240 Å². The van der Waals surface area contributed by atoms with Crippen molar-refractivity contribution < 1.29 is 19.4 Å². The van der Waals surface area contributed by atoms with Crippen molar-refractivity contribution in [2.45, 2.75) is 104 Å². The van der Waals surface area contributed by atoms with Crippen LogP contribution in [0.4, 0.5) is 9.59 Å². The SMILES string of the molecule is Cc1c(-c2c(C(C)C)c3cc(C4CC5CCC(C4)N5C(=O)OC(C)(C)C)ccc3n2C(=O)O)cn2ncnc2c1C. The van der Waals surface area contributed by atoms with Crippen molar-refractivity contribution in [3.05, 3.63) is 53.0 Å². The van der Waals surface area contributed by atoms with Crippen LogP contribution in [0.2, 0.25) is 0 Å². The maximum absolute atomic E-state index is 13.0. The van der Waals surface area contributed by atoms with Crippen LogP contribution in [0.15, 0.2) is 30.7 Å². The lowest BCUT2D eigenvalue weighted by molar-refractivity contribution is 0.00584. The van der Waals surface area contributed by atoms with Crippen LogP contribution in [0.5, 0.6) is 0 Å². The Morgan fingerprint density at radius 2 is 1.76 bits per heavy atom. The molecule has 3 aromatic heterocycles. The first-order valence-electron chi connectivity index (χ1n) is 14.6. The average Bonchev–Trinajstić information content (AvgIpc) is 3.56. The first-order chi connectivity index (χ1) is 19.4. The lowest BCUT2D eigenvalue weighted by atomic mass is 9.84. The predicted octanol–water partition coefficient (Wildman–Crippen LogP) is 7.26. The van der Waals surface area contributed by atoms with E-state index >= 15 is 0 Å². The summed E-state index contributed by atoms with van der Waals surface area (Å²) in [6.45, 7) is 14.0. The van der Waals surface area contributed by atoms with Gasteiger partial charge in [-0.05, 0) is 107 Å². The molecule has 9 nitrogen and oxygen atoms in total. The second-order valence-electron chi connectivity index (χ2n) is 13.1. The number of carboxylic acid groups (broad SMARTS) is 1. The number of aryl methyl sites for hydroxylation is 1. The number of piperidine rings is 1. The fourth-order valence-electron chi connectivity index (χ4n) is 7.14. The van der Waals surface area contributed by atoms with Gasteiger partial charge in [0, 0.05) is 29.2 Å². The molecule has 216 valence electrons. The smallest absolute Gasteiger partial charge is 0.416 e. The predicted molar refractivity (Wildman–Crippen MR) is 158 cm³/mol. The number of aromatic nitrogens is 4. The summed E-state index contributed by atoms with van der Waals surface area (Å²) < 4.78 is 8.90. The average molecular weight is 558 g/mol.